The number of nitrogens with one attached hydrogen (secondary N) is 1. The van der Waals surface area contributed by atoms with Gasteiger partial charge in [0.05, 0.1) is 41.1 Å². The number of carbonyl (C=O) groups excluding carboxylic acids is 2. The van der Waals surface area contributed by atoms with E-state index in [4.69, 9.17) is 4.74 Å². The van der Waals surface area contributed by atoms with Crippen molar-refractivity contribution in [2.45, 2.75) is 50.9 Å². The first kappa shape index (κ1) is 29.4. The molecule has 1 unspecified atom stereocenters. The molecule has 10 nitrogen and oxygen atoms in total. The van der Waals surface area contributed by atoms with Crippen molar-refractivity contribution in [2.75, 3.05) is 23.1 Å². The molecule has 1 aliphatic rings. The van der Waals surface area contributed by atoms with Crippen LogP contribution in [0.15, 0.2) is 35.4 Å². The maximum Gasteiger partial charge on any atom is 0.434 e. The summed E-state index contributed by atoms with van der Waals surface area (Å²) in [6, 6.07) is 5.52. The van der Waals surface area contributed by atoms with Crippen LogP contribution in [0.1, 0.15) is 59.0 Å². The maximum absolute atomic E-state index is 13.8. The Morgan fingerprint density at radius 2 is 1.88 bits per heavy atom. The number of carbonyl (C=O) groups is 2. The summed E-state index contributed by atoms with van der Waals surface area (Å²) < 4.78 is 69.3. The topological polar surface area (TPSA) is 131 Å². The molecule has 40 heavy (non-hydrogen) atoms. The Kier molecular flexibility index (Phi) is 8.17. The number of fused-ring (bicyclic) bond motifs is 1. The molecule has 0 bridgehead atoms. The van der Waals surface area contributed by atoms with Crippen LogP contribution in [0, 0.1) is 5.92 Å². The summed E-state index contributed by atoms with van der Waals surface area (Å²) >= 11 is 1.19. The standard InChI is InChI=1S/C25H26F3N5O5S2/c1-5-38-22(35)16-11-29-23(32-21(16)25(26,27)28)33-12-17-19(20(33)13(2)3)31-24(39-17)30-18(34)10-14-6-8-15(9-7-14)40(4,36)37/h6-9,11,13,20H,5,10,12H2,1-4H3,(H,30,31,34). The summed E-state index contributed by atoms with van der Waals surface area (Å²) in [4.78, 5) is 39.5. The van der Waals surface area contributed by atoms with Crippen LogP contribution in [-0.4, -0.2) is 48.1 Å². The number of aromatic nitrogens is 3. The molecule has 1 aliphatic heterocycles. The number of ether oxygens (including phenoxy) is 1. The molecule has 1 aromatic carbocycles. The highest BCUT2D eigenvalue weighted by Gasteiger charge is 2.42. The van der Waals surface area contributed by atoms with E-state index in [0.29, 0.717) is 16.4 Å². The molecule has 0 fully saturated rings. The number of thiazole rings is 1. The van der Waals surface area contributed by atoms with Gasteiger partial charge in [0.15, 0.2) is 20.7 Å². The van der Waals surface area contributed by atoms with E-state index >= 15 is 0 Å². The van der Waals surface area contributed by atoms with E-state index in [9.17, 15) is 31.2 Å². The largest absolute Gasteiger partial charge is 0.462 e. The molecule has 3 aromatic rings. The van der Waals surface area contributed by atoms with Crippen LogP contribution in [0.4, 0.5) is 24.3 Å². The first-order valence-electron chi connectivity index (χ1n) is 12.2. The Bertz CT molecular complexity index is 1540. The van der Waals surface area contributed by atoms with E-state index < -0.39 is 39.3 Å². The van der Waals surface area contributed by atoms with Gasteiger partial charge in [0.1, 0.15) is 5.56 Å². The SMILES string of the molecule is CCOC(=O)c1cnc(N2Cc3sc(NC(=O)Cc4ccc(S(C)(=O)=O)cc4)nc3C2C(C)C)nc1C(F)(F)F. The van der Waals surface area contributed by atoms with E-state index in [1.54, 1.807) is 17.0 Å². The van der Waals surface area contributed by atoms with Gasteiger partial charge < -0.3 is 15.0 Å². The molecule has 2 aromatic heterocycles. The van der Waals surface area contributed by atoms with Crippen molar-refractivity contribution in [1.82, 2.24) is 15.0 Å². The second-order valence-electron chi connectivity index (χ2n) is 9.44. The van der Waals surface area contributed by atoms with Crippen molar-refractivity contribution in [3.63, 3.8) is 0 Å². The lowest BCUT2D eigenvalue weighted by Gasteiger charge is -2.28. The average molecular weight is 598 g/mol. The number of amides is 1. The van der Waals surface area contributed by atoms with Gasteiger partial charge >= 0.3 is 12.1 Å². The van der Waals surface area contributed by atoms with E-state index in [0.717, 1.165) is 17.3 Å². The van der Waals surface area contributed by atoms with Crippen molar-refractivity contribution < 1.29 is 35.9 Å². The first-order chi connectivity index (χ1) is 18.7. The lowest BCUT2D eigenvalue weighted by atomic mass is 10.0. The highest BCUT2D eigenvalue weighted by molar-refractivity contribution is 7.90. The number of nitrogens with zero attached hydrogens (tertiary/aromatic N) is 4. The summed E-state index contributed by atoms with van der Waals surface area (Å²) in [6.07, 6.45) is -2.98. The molecular weight excluding hydrogens is 571 g/mol. The number of anilines is 2. The van der Waals surface area contributed by atoms with Gasteiger partial charge in [0.25, 0.3) is 0 Å². The molecule has 4 rings (SSSR count). The molecule has 214 valence electrons. The zero-order chi connectivity index (χ0) is 29.4. The van der Waals surface area contributed by atoms with Gasteiger partial charge in [-0.3, -0.25) is 4.79 Å². The third kappa shape index (κ3) is 6.25. The molecule has 0 saturated heterocycles. The lowest BCUT2D eigenvalue weighted by molar-refractivity contribution is -0.141. The van der Waals surface area contributed by atoms with E-state index in [1.165, 1.54) is 30.4 Å². The van der Waals surface area contributed by atoms with Crippen LogP contribution < -0.4 is 10.2 Å². The number of sulfone groups is 1. The molecule has 0 saturated carbocycles. The zero-order valence-electron chi connectivity index (χ0n) is 21.9. The van der Waals surface area contributed by atoms with Crippen molar-refractivity contribution in [2.24, 2.45) is 5.92 Å². The van der Waals surface area contributed by atoms with Crippen LogP contribution >= 0.6 is 11.3 Å². The average Bonchev–Trinajstić information content (AvgIpc) is 3.40. The summed E-state index contributed by atoms with van der Waals surface area (Å²) in [5.74, 6) is -1.82. The van der Waals surface area contributed by atoms with Gasteiger partial charge in [-0.25, -0.2) is 28.2 Å². The Hall–Kier alpha value is -3.59. The smallest absolute Gasteiger partial charge is 0.434 e. The van der Waals surface area contributed by atoms with Crippen LogP contribution in [0.3, 0.4) is 0 Å². The fourth-order valence-electron chi connectivity index (χ4n) is 4.32. The second-order valence-corrected chi connectivity index (χ2v) is 12.5. The minimum atomic E-state index is -4.90. The number of benzene rings is 1. The van der Waals surface area contributed by atoms with Crippen LogP contribution in [0.2, 0.25) is 0 Å². The predicted octanol–water partition coefficient (Wildman–Crippen LogP) is 4.43. The molecule has 0 radical (unpaired) electrons. The van der Waals surface area contributed by atoms with Crippen molar-refractivity contribution in [3.8, 4) is 0 Å². The van der Waals surface area contributed by atoms with Gasteiger partial charge in [-0.15, -0.1) is 0 Å². The molecule has 3 heterocycles. The highest BCUT2D eigenvalue weighted by Crippen LogP contribution is 2.44. The first-order valence-corrected chi connectivity index (χ1v) is 14.9. The fourth-order valence-corrected chi connectivity index (χ4v) is 5.97. The van der Waals surface area contributed by atoms with E-state index in [1.807, 2.05) is 13.8 Å². The number of hydrogen-bond donors (Lipinski definition) is 1. The van der Waals surface area contributed by atoms with Gasteiger partial charge in [-0.2, -0.15) is 13.2 Å². The molecular formula is C25H26F3N5O5S2. The van der Waals surface area contributed by atoms with Crippen LogP contribution in [0.25, 0.3) is 0 Å². The van der Waals surface area contributed by atoms with Crippen LogP contribution in [0.5, 0.6) is 0 Å². The number of esters is 1. The van der Waals surface area contributed by atoms with E-state index in [-0.39, 0.29) is 42.2 Å². The predicted molar refractivity (Wildman–Crippen MR) is 141 cm³/mol. The van der Waals surface area contributed by atoms with Gasteiger partial charge in [0.2, 0.25) is 11.9 Å². The van der Waals surface area contributed by atoms with Gasteiger partial charge in [-0.05, 0) is 30.5 Å². The number of alkyl halides is 3. The fraction of sp³-hybridized carbons (Fsp3) is 0.400. The Morgan fingerprint density at radius 3 is 2.45 bits per heavy atom. The Morgan fingerprint density at radius 1 is 1.20 bits per heavy atom. The van der Waals surface area contributed by atoms with Crippen molar-refractivity contribution in [1.29, 1.82) is 0 Å². The van der Waals surface area contributed by atoms with Gasteiger partial charge in [-0.1, -0.05) is 37.3 Å². The minimum absolute atomic E-state index is 0.00506. The quantitative estimate of drug-likeness (QED) is 0.375. The third-order valence-electron chi connectivity index (χ3n) is 6.05. The highest BCUT2D eigenvalue weighted by atomic mass is 32.2. The third-order valence-corrected chi connectivity index (χ3v) is 8.15. The summed E-state index contributed by atoms with van der Waals surface area (Å²) in [5.41, 5.74) is -0.926. The molecule has 1 atom stereocenters. The molecule has 1 N–H and O–H groups in total. The summed E-state index contributed by atoms with van der Waals surface area (Å²) in [7, 11) is -3.35. The minimum Gasteiger partial charge on any atom is -0.462 e. The zero-order valence-corrected chi connectivity index (χ0v) is 23.6. The normalized spacial score (nSPS) is 15.3. The number of rotatable bonds is 8. The van der Waals surface area contributed by atoms with Crippen molar-refractivity contribution in [3.05, 3.63) is 57.9 Å². The van der Waals surface area contributed by atoms with Gasteiger partial charge in [0, 0.05) is 12.5 Å². The molecule has 15 heteroatoms. The van der Waals surface area contributed by atoms with Crippen molar-refractivity contribution >= 4 is 44.1 Å². The maximum atomic E-state index is 13.8. The summed E-state index contributed by atoms with van der Waals surface area (Å²) in [6.45, 7) is 5.30. The van der Waals surface area contributed by atoms with E-state index in [2.05, 4.69) is 20.3 Å². The van der Waals surface area contributed by atoms with Crippen LogP contribution in [-0.2, 0) is 38.5 Å². The second kappa shape index (κ2) is 11.1. The number of halogens is 3. The summed E-state index contributed by atoms with van der Waals surface area (Å²) in [5, 5.41) is 3.08. The lowest BCUT2D eigenvalue weighted by Crippen LogP contribution is -2.29. The molecule has 0 spiro atoms. The Labute approximate surface area is 232 Å². The molecule has 1 amide bonds. The molecule has 0 aliphatic carbocycles. The monoisotopic (exact) mass is 597 g/mol. The number of hydrogen-bond acceptors (Lipinski definition) is 10. The Balaban J connectivity index is 1.54.